The maximum atomic E-state index is 10.0. The summed E-state index contributed by atoms with van der Waals surface area (Å²) in [5.74, 6) is 0.623. The Kier molecular flexibility index (Phi) is 3.08. The van der Waals surface area contributed by atoms with Crippen LogP contribution in [-0.2, 0) is 0 Å². The zero-order valence-corrected chi connectivity index (χ0v) is 9.46. The number of hydrogen-bond acceptors (Lipinski definition) is 2. The molecule has 2 rings (SSSR count). The van der Waals surface area contributed by atoms with E-state index < -0.39 is 6.10 Å². The van der Waals surface area contributed by atoms with Crippen molar-refractivity contribution in [2.75, 3.05) is 0 Å². The van der Waals surface area contributed by atoms with Gasteiger partial charge in [-0.2, -0.15) is 0 Å². The topological polar surface area (TPSA) is 33.4 Å². The maximum Gasteiger partial charge on any atom is 0.150 e. The Hall–Kier alpha value is -0.540. The lowest BCUT2D eigenvalue weighted by atomic mass is 9.94. The molecule has 0 amide bonds. The van der Waals surface area contributed by atoms with Gasteiger partial charge in [0.25, 0.3) is 0 Å². The Bertz CT molecular complexity index is 341. The molecule has 0 bridgehead atoms. The van der Waals surface area contributed by atoms with E-state index in [1.165, 1.54) is 12.8 Å². The molecule has 1 heterocycles. The number of aliphatic hydroxyl groups excluding tert-OH is 1. The van der Waals surface area contributed by atoms with E-state index in [9.17, 15) is 5.11 Å². The molecule has 1 aromatic rings. The summed E-state index contributed by atoms with van der Waals surface area (Å²) in [6.45, 7) is 0. The molecule has 1 aliphatic rings. The van der Waals surface area contributed by atoms with E-state index in [2.05, 4.69) is 22.0 Å². The van der Waals surface area contributed by atoms with Gasteiger partial charge in [0, 0.05) is 0 Å². The van der Waals surface area contributed by atoms with Crippen LogP contribution in [0.3, 0.4) is 0 Å². The van der Waals surface area contributed by atoms with E-state index in [1.807, 2.05) is 6.07 Å². The van der Waals surface area contributed by atoms with Crippen molar-refractivity contribution >= 4 is 15.9 Å². The Balaban J connectivity index is 2.19. The Morgan fingerprint density at radius 1 is 1.43 bits per heavy atom. The van der Waals surface area contributed by atoms with Crippen molar-refractivity contribution in [2.45, 2.75) is 31.8 Å². The number of hydrogen-bond donors (Lipinski definition) is 1. The predicted octanol–water partition coefficient (Wildman–Crippen LogP) is 3.58. The van der Waals surface area contributed by atoms with Gasteiger partial charge in [0.15, 0.2) is 5.76 Å². The highest BCUT2D eigenvalue weighted by Gasteiger charge is 2.20. The highest BCUT2D eigenvalue weighted by atomic mass is 79.9. The third-order valence-corrected chi connectivity index (χ3v) is 3.23. The zero-order valence-electron chi connectivity index (χ0n) is 7.87. The monoisotopic (exact) mass is 256 g/mol. The molecule has 0 radical (unpaired) electrons. The van der Waals surface area contributed by atoms with Crippen molar-refractivity contribution in [1.29, 1.82) is 0 Å². The molecule has 0 spiro atoms. The largest absolute Gasteiger partial charge is 0.465 e. The first-order valence-corrected chi connectivity index (χ1v) is 5.68. The Morgan fingerprint density at radius 2 is 2.29 bits per heavy atom. The van der Waals surface area contributed by atoms with Gasteiger partial charge >= 0.3 is 0 Å². The lowest BCUT2D eigenvalue weighted by molar-refractivity contribution is 0.177. The molecular formula is C11H13BrO2. The minimum atomic E-state index is -0.570. The van der Waals surface area contributed by atoms with Crippen LogP contribution in [0.4, 0.5) is 0 Å². The number of halogens is 1. The normalized spacial score (nSPS) is 19.1. The molecular weight excluding hydrogens is 244 g/mol. The van der Waals surface area contributed by atoms with Crippen LogP contribution in [0.15, 0.2) is 32.9 Å². The molecule has 1 unspecified atom stereocenters. The smallest absolute Gasteiger partial charge is 0.150 e. The summed E-state index contributed by atoms with van der Waals surface area (Å²) in [6, 6.07) is 1.81. The van der Waals surface area contributed by atoms with Gasteiger partial charge in [-0.25, -0.2) is 0 Å². The molecule has 1 aliphatic carbocycles. The number of furan rings is 1. The van der Waals surface area contributed by atoms with Crippen LogP contribution in [0.2, 0.25) is 0 Å². The first kappa shape index (κ1) is 9.99. The van der Waals surface area contributed by atoms with Crippen LogP contribution in [0.25, 0.3) is 0 Å². The van der Waals surface area contributed by atoms with Crippen molar-refractivity contribution in [2.24, 2.45) is 0 Å². The lowest BCUT2D eigenvalue weighted by Crippen LogP contribution is -2.04. The number of aliphatic hydroxyl groups is 1. The lowest BCUT2D eigenvalue weighted by Gasteiger charge is -2.17. The molecule has 0 aromatic carbocycles. The highest BCUT2D eigenvalue weighted by molar-refractivity contribution is 9.10. The fourth-order valence-electron chi connectivity index (χ4n) is 1.78. The second kappa shape index (κ2) is 4.32. The quantitative estimate of drug-likeness (QED) is 0.821. The minimum Gasteiger partial charge on any atom is -0.465 e. The minimum absolute atomic E-state index is 0.570. The maximum absolute atomic E-state index is 10.0. The second-order valence-corrected chi connectivity index (χ2v) is 4.41. The standard InChI is InChI=1S/C11H13BrO2/c12-9-6-7-14-11(9)10(13)8-4-2-1-3-5-8/h4,6-7,10,13H,1-3,5H2. The molecule has 1 aromatic heterocycles. The van der Waals surface area contributed by atoms with E-state index in [1.54, 1.807) is 6.26 Å². The summed E-state index contributed by atoms with van der Waals surface area (Å²) in [5.41, 5.74) is 1.09. The fraction of sp³-hybridized carbons (Fsp3) is 0.455. The van der Waals surface area contributed by atoms with E-state index in [0.29, 0.717) is 5.76 Å². The van der Waals surface area contributed by atoms with Gasteiger partial charge in [-0.05, 0) is 53.3 Å². The van der Waals surface area contributed by atoms with E-state index in [0.717, 1.165) is 22.9 Å². The number of allylic oxidation sites excluding steroid dienone is 1. The van der Waals surface area contributed by atoms with Gasteiger partial charge in [0.1, 0.15) is 6.10 Å². The summed E-state index contributed by atoms with van der Waals surface area (Å²) in [6.07, 6.45) is 7.60. The fourth-order valence-corrected chi connectivity index (χ4v) is 2.20. The summed E-state index contributed by atoms with van der Waals surface area (Å²) < 4.78 is 6.09. The van der Waals surface area contributed by atoms with Crippen LogP contribution in [0, 0.1) is 0 Å². The average molecular weight is 257 g/mol. The predicted molar refractivity (Wildman–Crippen MR) is 57.9 cm³/mol. The van der Waals surface area contributed by atoms with Gasteiger partial charge < -0.3 is 9.52 Å². The summed E-state index contributed by atoms with van der Waals surface area (Å²) in [7, 11) is 0. The molecule has 14 heavy (non-hydrogen) atoms. The Morgan fingerprint density at radius 3 is 2.86 bits per heavy atom. The van der Waals surface area contributed by atoms with Crippen molar-refractivity contribution < 1.29 is 9.52 Å². The summed E-state index contributed by atoms with van der Waals surface area (Å²) in [5, 5.41) is 10.0. The van der Waals surface area contributed by atoms with Crippen LogP contribution in [-0.4, -0.2) is 5.11 Å². The van der Waals surface area contributed by atoms with Crippen LogP contribution in [0.5, 0.6) is 0 Å². The average Bonchev–Trinajstić information content (AvgIpc) is 2.65. The summed E-state index contributed by atoms with van der Waals surface area (Å²) >= 11 is 3.35. The van der Waals surface area contributed by atoms with Gasteiger partial charge in [0.05, 0.1) is 10.7 Å². The third kappa shape index (κ3) is 1.93. The first-order valence-electron chi connectivity index (χ1n) is 4.89. The van der Waals surface area contributed by atoms with Crippen molar-refractivity contribution in [3.63, 3.8) is 0 Å². The molecule has 3 heteroatoms. The molecule has 76 valence electrons. The van der Waals surface area contributed by atoms with Crippen molar-refractivity contribution in [3.05, 3.63) is 34.2 Å². The van der Waals surface area contributed by atoms with Gasteiger partial charge in [-0.3, -0.25) is 0 Å². The van der Waals surface area contributed by atoms with Crippen LogP contribution < -0.4 is 0 Å². The molecule has 0 saturated carbocycles. The van der Waals surface area contributed by atoms with Crippen molar-refractivity contribution in [3.8, 4) is 0 Å². The van der Waals surface area contributed by atoms with Crippen LogP contribution in [0.1, 0.15) is 37.5 Å². The first-order chi connectivity index (χ1) is 6.79. The van der Waals surface area contributed by atoms with E-state index in [-0.39, 0.29) is 0 Å². The highest BCUT2D eigenvalue weighted by Crippen LogP contribution is 2.33. The van der Waals surface area contributed by atoms with E-state index >= 15 is 0 Å². The van der Waals surface area contributed by atoms with Gasteiger partial charge in [-0.1, -0.05) is 6.08 Å². The molecule has 2 nitrogen and oxygen atoms in total. The van der Waals surface area contributed by atoms with Crippen molar-refractivity contribution in [1.82, 2.24) is 0 Å². The molecule has 1 N–H and O–H groups in total. The van der Waals surface area contributed by atoms with Gasteiger partial charge in [-0.15, -0.1) is 0 Å². The SMILES string of the molecule is OC(C1=CCCCC1)c1occc1Br. The zero-order chi connectivity index (χ0) is 9.97. The number of rotatable bonds is 2. The molecule has 1 atom stereocenters. The summed E-state index contributed by atoms with van der Waals surface area (Å²) in [4.78, 5) is 0. The second-order valence-electron chi connectivity index (χ2n) is 3.56. The molecule has 0 saturated heterocycles. The van der Waals surface area contributed by atoms with Crippen LogP contribution >= 0.6 is 15.9 Å². The van der Waals surface area contributed by atoms with E-state index in [4.69, 9.17) is 4.42 Å². The molecule has 0 aliphatic heterocycles. The molecule has 0 fully saturated rings. The Labute approximate surface area is 91.7 Å². The third-order valence-electron chi connectivity index (χ3n) is 2.57. The van der Waals surface area contributed by atoms with Gasteiger partial charge in [0.2, 0.25) is 0 Å².